The van der Waals surface area contributed by atoms with Gasteiger partial charge in [0.25, 0.3) is 17.1 Å². The average molecular weight is 546 g/mol. The number of rotatable bonds is 6. The lowest BCUT2D eigenvalue weighted by molar-refractivity contribution is -0.123. The number of thioether (sulfide) groups is 1. The quantitative estimate of drug-likeness (QED) is 0.350. The molecule has 0 radical (unpaired) electrons. The Hall–Kier alpha value is -3.39. The second-order valence-corrected chi connectivity index (χ2v) is 10.9. The molecule has 5 rings (SSSR count). The Morgan fingerprint density at radius 1 is 0.947 bits per heavy atom. The topological polar surface area (TPSA) is 60.9 Å². The Balaban J connectivity index is 1.19. The number of piperazine rings is 1. The summed E-state index contributed by atoms with van der Waals surface area (Å²) in [4.78, 5) is 44.3. The molecule has 0 aromatic heterocycles. The fourth-order valence-electron chi connectivity index (χ4n) is 4.76. The molecule has 2 aliphatic rings. The Morgan fingerprint density at radius 3 is 2.34 bits per heavy atom. The highest BCUT2D eigenvalue weighted by Crippen LogP contribution is 2.33. The van der Waals surface area contributed by atoms with Gasteiger partial charge in [-0.05, 0) is 65.7 Å². The van der Waals surface area contributed by atoms with E-state index in [1.165, 1.54) is 10.5 Å². The fraction of sp³-hybridized carbons (Fsp3) is 0.233. The van der Waals surface area contributed by atoms with E-state index in [0.717, 1.165) is 36.0 Å². The molecule has 3 aromatic carbocycles. The van der Waals surface area contributed by atoms with Crippen molar-refractivity contribution >= 4 is 46.5 Å². The van der Waals surface area contributed by atoms with Gasteiger partial charge in [0, 0.05) is 42.8 Å². The lowest BCUT2D eigenvalue weighted by Gasteiger charge is -2.38. The number of amides is 3. The van der Waals surface area contributed by atoms with Crippen LogP contribution in [0.1, 0.15) is 40.0 Å². The largest absolute Gasteiger partial charge is 0.336 e. The van der Waals surface area contributed by atoms with E-state index in [1.54, 1.807) is 36.4 Å². The molecule has 0 saturated carbocycles. The summed E-state index contributed by atoms with van der Waals surface area (Å²) in [6.45, 7) is 5.38. The third-order valence-corrected chi connectivity index (χ3v) is 8.13. The van der Waals surface area contributed by atoms with Crippen LogP contribution >= 0.6 is 23.4 Å². The van der Waals surface area contributed by atoms with Crippen molar-refractivity contribution < 1.29 is 14.4 Å². The number of carbonyl (C=O) groups is 3. The number of nitrogens with zero attached hydrogens (tertiary/aromatic N) is 3. The predicted molar refractivity (Wildman–Crippen MR) is 152 cm³/mol. The van der Waals surface area contributed by atoms with Gasteiger partial charge in [-0.1, -0.05) is 66.2 Å². The van der Waals surface area contributed by atoms with Crippen LogP contribution in [0.4, 0.5) is 4.79 Å². The van der Waals surface area contributed by atoms with Crippen LogP contribution in [0.3, 0.4) is 0 Å². The lowest BCUT2D eigenvalue weighted by Crippen LogP contribution is -2.49. The van der Waals surface area contributed by atoms with Crippen molar-refractivity contribution in [2.24, 2.45) is 0 Å². The van der Waals surface area contributed by atoms with Crippen molar-refractivity contribution in [2.45, 2.75) is 19.5 Å². The summed E-state index contributed by atoms with van der Waals surface area (Å²) < 4.78 is 0. The maximum absolute atomic E-state index is 13.1. The van der Waals surface area contributed by atoms with Gasteiger partial charge in [-0.3, -0.25) is 24.2 Å². The minimum absolute atomic E-state index is 0.00501. The molecule has 2 fully saturated rings. The highest BCUT2D eigenvalue weighted by Gasteiger charge is 2.35. The third kappa shape index (κ3) is 5.85. The van der Waals surface area contributed by atoms with E-state index in [4.69, 9.17) is 11.6 Å². The van der Waals surface area contributed by atoms with E-state index in [9.17, 15) is 14.4 Å². The molecular weight excluding hydrogens is 518 g/mol. The minimum atomic E-state index is -0.331. The summed E-state index contributed by atoms with van der Waals surface area (Å²) in [6, 6.07) is 25.0. The molecular formula is C30H28ClN3O3S. The van der Waals surface area contributed by atoms with Gasteiger partial charge in [0.15, 0.2) is 0 Å². The molecule has 1 unspecified atom stereocenters. The normalized spacial score (nSPS) is 18.3. The third-order valence-electron chi connectivity index (χ3n) is 6.99. The molecule has 1 atom stereocenters. The van der Waals surface area contributed by atoms with Crippen molar-refractivity contribution in [3.8, 4) is 0 Å². The van der Waals surface area contributed by atoms with E-state index in [1.807, 2.05) is 29.2 Å². The van der Waals surface area contributed by atoms with Crippen LogP contribution in [-0.2, 0) is 11.3 Å². The molecule has 8 heteroatoms. The van der Waals surface area contributed by atoms with Gasteiger partial charge in [-0.15, -0.1) is 0 Å². The van der Waals surface area contributed by atoms with Crippen LogP contribution in [0, 0.1) is 0 Å². The van der Waals surface area contributed by atoms with E-state index < -0.39 is 0 Å². The van der Waals surface area contributed by atoms with Crippen LogP contribution in [0.25, 0.3) is 6.08 Å². The van der Waals surface area contributed by atoms with Crippen molar-refractivity contribution in [3.63, 3.8) is 0 Å². The van der Waals surface area contributed by atoms with Gasteiger partial charge in [-0.2, -0.15) is 0 Å². The van der Waals surface area contributed by atoms with Gasteiger partial charge in [0.1, 0.15) is 0 Å². The summed E-state index contributed by atoms with van der Waals surface area (Å²) >= 11 is 6.95. The Labute approximate surface area is 231 Å². The summed E-state index contributed by atoms with van der Waals surface area (Å²) in [5.41, 5.74) is 3.45. The monoisotopic (exact) mass is 545 g/mol. The average Bonchev–Trinajstić information content (AvgIpc) is 3.20. The van der Waals surface area contributed by atoms with Crippen molar-refractivity contribution in [1.82, 2.24) is 14.7 Å². The Morgan fingerprint density at radius 2 is 1.66 bits per heavy atom. The first-order valence-corrected chi connectivity index (χ1v) is 13.8. The highest BCUT2D eigenvalue weighted by molar-refractivity contribution is 8.18. The van der Waals surface area contributed by atoms with E-state index in [0.29, 0.717) is 34.6 Å². The molecule has 2 saturated heterocycles. The van der Waals surface area contributed by atoms with Crippen LogP contribution in [0.15, 0.2) is 83.8 Å². The zero-order chi connectivity index (χ0) is 26.6. The molecule has 3 aromatic rings. The van der Waals surface area contributed by atoms with Crippen molar-refractivity contribution in [2.75, 3.05) is 26.2 Å². The molecule has 38 heavy (non-hydrogen) atoms. The highest BCUT2D eigenvalue weighted by atomic mass is 35.5. The molecule has 2 aliphatic heterocycles. The first-order chi connectivity index (χ1) is 18.4. The standard InChI is InChI=1S/C30H28ClN3O3S/c1-21(24-7-3-2-4-8-24)32-14-16-33(17-15-32)28(35)25-12-10-22(11-13-25)19-27-29(36)34(30(37)38-27)20-23-6-5-9-26(31)18-23/h2-13,18-19,21H,14-17,20H2,1H3. The van der Waals surface area contributed by atoms with Crippen LogP contribution in [0.5, 0.6) is 0 Å². The van der Waals surface area contributed by atoms with Gasteiger partial charge in [-0.25, -0.2) is 0 Å². The maximum atomic E-state index is 13.1. The second-order valence-electron chi connectivity index (χ2n) is 9.43. The summed E-state index contributed by atoms with van der Waals surface area (Å²) in [7, 11) is 0. The number of halogens is 1. The SMILES string of the molecule is CC(c1ccccc1)N1CCN(C(=O)c2ccc(C=C3SC(=O)N(Cc4cccc(Cl)c4)C3=O)cc2)CC1. The van der Waals surface area contributed by atoms with E-state index in [-0.39, 0.29) is 23.6 Å². The molecule has 3 amide bonds. The van der Waals surface area contributed by atoms with E-state index >= 15 is 0 Å². The minimum Gasteiger partial charge on any atom is -0.336 e. The van der Waals surface area contributed by atoms with Gasteiger partial charge in [0.2, 0.25) is 0 Å². The number of carbonyl (C=O) groups excluding carboxylic acids is 3. The number of hydrogen-bond acceptors (Lipinski definition) is 5. The lowest BCUT2D eigenvalue weighted by atomic mass is 10.1. The van der Waals surface area contributed by atoms with Gasteiger partial charge >= 0.3 is 0 Å². The number of hydrogen-bond donors (Lipinski definition) is 0. The molecule has 194 valence electrons. The van der Waals surface area contributed by atoms with Crippen molar-refractivity contribution in [3.05, 3.63) is 111 Å². The van der Waals surface area contributed by atoms with Gasteiger partial charge < -0.3 is 4.90 Å². The first kappa shape index (κ1) is 26.2. The molecule has 0 N–H and O–H groups in total. The zero-order valence-electron chi connectivity index (χ0n) is 21.0. The molecule has 6 nitrogen and oxygen atoms in total. The molecule has 2 heterocycles. The number of imide groups is 1. The summed E-state index contributed by atoms with van der Waals surface area (Å²) in [6.07, 6.45) is 1.70. The van der Waals surface area contributed by atoms with Crippen LogP contribution in [-0.4, -0.2) is 57.9 Å². The smallest absolute Gasteiger partial charge is 0.293 e. The molecule has 0 spiro atoms. The Kier molecular flexibility index (Phi) is 7.98. The van der Waals surface area contributed by atoms with E-state index in [2.05, 4.69) is 36.1 Å². The van der Waals surface area contributed by atoms with Crippen LogP contribution < -0.4 is 0 Å². The summed E-state index contributed by atoms with van der Waals surface area (Å²) in [5, 5.41) is 0.247. The Bertz CT molecular complexity index is 1370. The van der Waals surface area contributed by atoms with Gasteiger partial charge in [0.05, 0.1) is 11.4 Å². The second kappa shape index (κ2) is 11.6. The number of benzene rings is 3. The first-order valence-electron chi connectivity index (χ1n) is 12.6. The molecule has 0 aliphatic carbocycles. The fourth-order valence-corrected chi connectivity index (χ4v) is 5.82. The van der Waals surface area contributed by atoms with Crippen molar-refractivity contribution in [1.29, 1.82) is 0 Å². The molecule has 0 bridgehead atoms. The maximum Gasteiger partial charge on any atom is 0.293 e. The zero-order valence-corrected chi connectivity index (χ0v) is 22.6. The predicted octanol–water partition coefficient (Wildman–Crippen LogP) is 6.10. The van der Waals surface area contributed by atoms with Crippen LogP contribution in [0.2, 0.25) is 5.02 Å². The summed E-state index contributed by atoms with van der Waals surface area (Å²) in [5.74, 6) is -0.326.